The predicted molar refractivity (Wildman–Crippen MR) is 75.9 cm³/mol. The minimum Gasteiger partial charge on any atom is -0.466 e. The first-order valence-electron chi connectivity index (χ1n) is 7.22. The van der Waals surface area contributed by atoms with Gasteiger partial charge in [-0.05, 0) is 50.8 Å². The Bertz CT molecular complexity index is 391. The highest BCUT2D eigenvalue weighted by Crippen LogP contribution is 2.38. The number of esters is 1. The van der Waals surface area contributed by atoms with Crippen LogP contribution in [0.1, 0.15) is 25.3 Å². The third-order valence-electron chi connectivity index (χ3n) is 3.58. The molecule has 0 radical (unpaired) electrons. The second kappa shape index (κ2) is 7.29. The Hall–Kier alpha value is -1.35. The van der Waals surface area contributed by atoms with Gasteiger partial charge in [0, 0.05) is 0 Å². The van der Waals surface area contributed by atoms with Gasteiger partial charge in [-0.1, -0.05) is 30.3 Å². The fourth-order valence-corrected chi connectivity index (χ4v) is 2.36. The summed E-state index contributed by atoms with van der Waals surface area (Å²) in [5.74, 6) is 0.635. The van der Waals surface area contributed by atoms with Crippen molar-refractivity contribution in [1.29, 1.82) is 0 Å². The van der Waals surface area contributed by atoms with Crippen molar-refractivity contribution in [2.24, 2.45) is 11.8 Å². The Kier molecular flexibility index (Phi) is 5.40. The van der Waals surface area contributed by atoms with Crippen LogP contribution in [0.3, 0.4) is 0 Å². The highest BCUT2D eigenvalue weighted by molar-refractivity contribution is 5.75. The van der Waals surface area contributed by atoms with E-state index in [1.54, 1.807) is 0 Å². The van der Waals surface area contributed by atoms with Gasteiger partial charge in [-0.15, -0.1) is 0 Å². The lowest BCUT2D eigenvalue weighted by Crippen LogP contribution is -2.20. The summed E-state index contributed by atoms with van der Waals surface area (Å²) in [7, 11) is 0. The topological polar surface area (TPSA) is 38.3 Å². The van der Waals surface area contributed by atoms with Crippen LogP contribution in [0.2, 0.25) is 0 Å². The first-order chi connectivity index (χ1) is 9.31. The molecule has 104 valence electrons. The molecule has 3 heteroatoms. The second-order valence-electron chi connectivity index (χ2n) is 5.15. The number of hydrogen-bond acceptors (Lipinski definition) is 3. The Morgan fingerprint density at radius 3 is 2.89 bits per heavy atom. The maximum atomic E-state index is 11.4. The van der Waals surface area contributed by atoms with E-state index in [1.807, 2.05) is 13.0 Å². The maximum Gasteiger partial charge on any atom is 0.309 e. The van der Waals surface area contributed by atoms with Gasteiger partial charge in [0.2, 0.25) is 0 Å². The molecule has 0 heterocycles. The van der Waals surface area contributed by atoms with Crippen LogP contribution in [0.5, 0.6) is 0 Å². The average Bonchev–Trinajstić information content (AvgIpc) is 3.19. The lowest BCUT2D eigenvalue weighted by Gasteiger charge is -2.05. The predicted octanol–water partition coefficient (Wildman–Crippen LogP) is 2.41. The molecular formula is C16H23NO2. The number of carbonyl (C=O) groups excluding carboxylic acids is 1. The van der Waals surface area contributed by atoms with Crippen molar-refractivity contribution in [3.8, 4) is 0 Å². The van der Waals surface area contributed by atoms with Crippen molar-refractivity contribution < 1.29 is 9.53 Å². The normalized spacial score (nSPS) is 21.1. The van der Waals surface area contributed by atoms with Crippen LogP contribution in [-0.4, -0.2) is 25.7 Å². The highest BCUT2D eigenvalue weighted by atomic mass is 16.5. The standard InChI is InChI=1S/C16H23NO2/c1-2-19-16(18)15-11-14(15)12-17-10-6-9-13-7-4-3-5-8-13/h3-5,7-8,14-15,17H,2,6,9-12H2,1H3. The molecule has 1 aromatic carbocycles. The van der Waals surface area contributed by atoms with E-state index in [4.69, 9.17) is 4.74 Å². The smallest absolute Gasteiger partial charge is 0.309 e. The van der Waals surface area contributed by atoms with Crippen LogP contribution in [-0.2, 0) is 16.0 Å². The van der Waals surface area contributed by atoms with Crippen molar-refractivity contribution in [2.45, 2.75) is 26.2 Å². The molecule has 0 amide bonds. The van der Waals surface area contributed by atoms with E-state index < -0.39 is 0 Å². The molecule has 0 aromatic heterocycles. The van der Waals surface area contributed by atoms with E-state index in [1.165, 1.54) is 5.56 Å². The molecule has 3 nitrogen and oxygen atoms in total. The molecule has 0 bridgehead atoms. The summed E-state index contributed by atoms with van der Waals surface area (Å²) < 4.78 is 5.01. The number of ether oxygens (including phenoxy) is 1. The third kappa shape index (κ3) is 4.67. The number of benzene rings is 1. The number of hydrogen-bond donors (Lipinski definition) is 1. The van der Waals surface area contributed by atoms with Crippen LogP contribution in [0, 0.1) is 11.8 Å². The monoisotopic (exact) mass is 261 g/mol. The molecule has 2 unspecified atom stereocenters. The summed E-state index contributed by atoms with van der Waals surface area (Å²) in [6, 6.07) is 10.5. The van der Waals surface area contributed by atoms with Crippen molar-refractivity contribution >= 4 is 5.97 Å². The van der Waals surface area contributed by atoms with Crippen LogP contribution in [0.15, 0.2) is 30.3 Å². The quantitative estimate of drug-likeness (QED) is 0.577. The maximum absolute atomic E-state index is 11.4. The van der Waals surface area contributed by atoms with Crippen LogP contribution in [0.4, 0.5) is 0 Å². The average molecular weight is 261 g/mol. The molecule has 0 saturated heterocycles. The molecule has 2 atom stereocenters. The van der Waals surface area contributed by atoms with Crippen LogP contribution >= 0.6 is 0 Å². The Labute approximate surface area is 115 Å². The zero-order chi connectivity index (χ0) is 13.5. The SMILES string of the molecule is CCOC(=O)C1CC1CNCCCc1ccccc1. The van der Waals surface area contributed by atoms with Crippen molar-refractivity contribution in [3.63, 3.8) is 0 Å². The van der Waals surface area contributed by atoms with Gasteiger partial charge in [0.25, 0.3) is 0 Å². The minimum atomic E-state index is -0.0152. The molecule has 19 heavy (non-hydrogen) atoms. The van der Waals surface area contributed by atoms with Gasteiger partial charge in [0.05, 0.1) is 12.5 Å². The van der Waals surface area contributed by atoms with Gasteiger partial charge in [0.1, 0.15) is 0 Å². The van der Waals surface area contributed by atoms with Gasteiger partial charge >= 0.3 is 5.97 Å². The number of aryl methyl sites for hydroxylation is 1. The first kappa shape index (κ1) is 14.1. The Morgan fingerprint density at radius 2 is 2.16 bits per heavy atom. The molecule has 0 aliphatic heterocycles. The largest absolute Gasteiger partial charge is 0.466 e. The zero-order valence-electron chi connectivity index (χ0n) is 11.6. The Balaban J connectivity index is 1.51. The zero-order valence-corrected chi connectivity index (χ0v) is 11.6. The van der Waals surface area contributed by atoms with Gasteiger partial charge in [-0.3, -0.25) is 4.79 Å². The lowest BCUT2D eigenvalue weighted by atomic mass is 10.1. The van der Waals surface area contributed by atoms with E-state index in [0.717, 1.165) is 32.4 Å². The molecule has 1 fully saturated rings. The molecule has 2 rings (SSSR count). The molecule has 1 aliphatic carbocycles. The third-order valence-corrected chi connectivity index (χ3v) is 3.58. The summed E-state index contributed by atoms with van der Waals surface area (Å²) in [5.41, 5.74) is 1.39. The summed E-state index contributed by atoms with van der Waals surface area (Å²) in [4.78, 5) is 11.4. The number of carbonyl (C=O) groups is 1. The van der Waals surface area contributed by atoms with Crippen molar-refractivity contribution in [3.05, 3.63) is 35.9 Å². The molecule has 1 saturated carbocycles. The Morgan fingerprint density at radius 1 is 1.37 bits per heavy atom. The lowest BCUT2D eigenvalue weighted by molar-refractivity contribution is -0.145. The van der Waals surface area contributed by atoms with Gasteiger partial charge in [-0.25, -0.2) is 0 Å². The van der Waals surface area contributed by atoms with Gasteiger partial charge in [0.15, 0.2) is 0 Å². The van der Waals surface area contributed by atoms with Crippen LogP contribution < -0.4 is 5.32 Å². The van der Waals surface area contributed by atoms with Crippen molar-refractivity contribution in [1.82, 2.24) is 5.32 Å². The summed E-state index contributed by atoms with van der Waals surface area (Å²) in [6.45, 7) is 4.31. The second-order valence-corrected chi connectivity index (χ2v) is 5.15. The number of nitrogens with one attached hydrogen (secondary N) is 1. The summed E-state index contributed by atoms with van der Waals surface area (Å²) in [5, 5.41) is 3.44. The fourth-order valence-electron chi connectivity index (χ4n) is 2.36. The van der Waals surface area contributed by atoms with E-state index in [0.29, 0.717) is 12.5 Å². The molecular weight excluding hydrogens is 238 g/mol. The first-order valence-corrected chi connectivity index (χ1v) is 7.22. The molecule has 1 aromatic rings. The highest BCUT2D eigenvalue weighted by Gasteiger charge is 2.43. The van der Waals surface area contributed by atoms with E-state index in [2.05, 4.69) is 29.6 Å². The van der Waals surface area contributed by atoms with E-state index in [-0.39, 0.29) is 11.9 Å². The fraction of sp³-hybridized carbons (Fsp3) is 0.562. The molecule has 1 N–H and O–H groups in total. The molecule has 1 aliphatic rings. The summed E-state index contributed by atoms with van der Waals surface area (Å²) >= 11 is 0. The van der Waals surface area contributed by atoms with Crippen LogP contribution in [0.25, 0.3) is 0 Å². The van der Waals surface area contributed by atoms with Crippen molar-refractivity contribution in [2.75, 3.05) is 19.7 Å². The van der Waals surface area contributed by atoms with E-state index >= 15 is 0 Å². The molecule has 0 spiro atoms. The number of rotatable bonds is 8. The van der Waals surface area contributed by atoms with E-state index in [9.17, 15) is 4.79 Å². The summed E-state index contributed by atoms with van der Waals surface area (Å²) in [6.07, 6.45) is 3.24. The van der Waals surface area contributed by atoms with Gasteiger partial charge < -0.3 is 10.1 Å². The minimum absolute atomic E-state index is 0.0152. The van der Waals surface area contributed by atoms with Gasteiger partial charge in [-0.2, -0.15) is 0 Å².